The Hall–Kier alpha value is -2.21. The van der Waals surface area contributed by atoms with Gasteiger partial charge in [0.25, 0.3) is 0 Å². The summed E-state index contributed by atoms with van der Waals surface area (Å²) in [6, 6.07) is 8.37. The molecule has 0 radical (unpaired) electrons. The van der Waals surface area contributed by atoms with Gasteiger partial charge in [-0.05, 0) is 64.8 Å². The minimum atomic E-state index is -0.662. The quantitative estimate of drug-likeness (QED) is 0.875. The van der Waals surface area contributed by atoms with Crippen molar-refractivity contribution >= 4 is 5.82 Å². The van der Waals surface area contributed by atoms with Crippen molar-refractivity contribution in [3.63, 3.8) is 0 Å². The Kier molecular flexibility index (Phi) is 4.65. The Balaban J connectivity index is 1.83. The third-order valence-corrected chi connectivity index (χ3v) is 4.99. The summed E-state index contributed by atoms with van der Waals surface area (Å²) >= 11 is 0. The molecule has 0 atom stereocenters. The lowest BCUT2D eigenvalue weighted by molar-refractivity contribution is 0.160. The zero-order chi connectivity index (χ0) is 19.1. The van der Waals surface area contributed by atoms with Crippen molar-refractivity contribution in [1.82, 2.24) is 15.5 Å². The van der Waals surface area contributed by atoms with E-state index < -0.39 is 11.6 Å². The monoisotopic (exact) mass is 358 g/mol. The second kappa shape index (κ2) is 6.50. The molecule has 0 spiro atoms. The summed E-state index contributed by atoms with van der Waals surface area (Å²) in [5.74, 6) is -0.294. The summed E-state index contributed by atoms with van der Waals surface area (Å²) in [4.78, 5) is 2.16. The molecule has 3 rings (SSSR count). The molecule has 140 valence electrons. The Morgan fingerprint density at radius 3 is 2.31 bits per heavy atom. The molecule has 2 heterocycles. The van der Waals surface area contributed by atoms with Crippen molar-refractivity contribution in [3.05, 3.63) is 36.1 Å². The van der Waals surface area contributed by atoms with Crippen LogP contribution in [0.5, 0.6) is 5.75 Å². The topological polar surface area (TPSA) is 61.3 Å². The molecular weight excluding hydrogens is 331 g/mol. The molecule has 0 amide bonds. The van der Waals surface area contributed by atoms with E-state index in [1.807, 2.05) is 13.1 Å². The van der Waals surface area contributed by atoms with E-state index in [1.54, 1.807) is 18.2 Å². The smallest absolute Gasteiger partial charge is 0.165 e. The van der Waals surface area contributed by atoms with E-state index in [2.05, 4.69) is 48.1 Å². The zero-order valence-corrected chi connectivity index (χ0v) is 16.0. The second-order valence-electron chi connectivity index (χ2n) is 8.48. The fraction of sp³-hybridized carbons (Fsp3) is 0.500. The van der Waals surface area contributed by atoms with Crippen LogP contribution >= 0.6 is 0 Å². The third kappa shape index (κ3) is 3.80. The van der Waals surface area contributed by atoms with Crippen LogP contribution in [0, 0.1) is 5.82 Å². The van der Waals surface area contributed by atoms with Crippen molar-refractivity contribution in [1.29, 1.82) is 0 Å². The summed E-state index contributed by atoms with van der Waals surface area (Å²) in [6.45, 7) is 8.87. The summed E-state index contributed by atoms with van der Waals surface area (Å²) in [5, 5.41) is 22.1. The first-order chi connectivity index (χ1) is 12.1. The number of anilines is 1. The van der Waals surface area contributed by atoms with E-state index in [0.717, 1.165) is 18.7 Å². The van der Waals surface area contributed by atoms with Gasteiger partial charge in [-0.2, -0.15) is 0 Å². The second-order valence-corrected chi connectivity index (χ2v) is 8.48. The lowest BCUT2D eigenvalue weighted by atomic mass is 9.79. The molecule has 1 saturated heterocycles. The molecule has 1 aromatic carbocycles. The van der Waals surface area contributed by atoms with Crippen molar-refractivity contribution in [2.75, 3.05) is 11.9 Å². The molecule has 0 bridgehead atoms. The highest BCUT2D eigenvalue weighted by Crippen LogP contribution is 2.33. The molecular formula is C20H27FN4O. The molecule has 0 saturated carbocycles. The number of piperidine rings is 1. The van der Waals surface area contributed by atoms with Gasteiger partial charge in [-0.15, -0.1) is 10.2 Å². The Labute approximate surface area is 154 Å². The van der Waals surface area contributed by atoms with Crippen LogP contribution in [0.2, 0.25) is 0 Å². The molecule has 5 nitrogen and oxygen atoms in total. The molecule has 0 unspecified atom stereocenters. The van der Waals surface area contributed by atoms with E-state index >= 15 is 0 Å². The molecule has 1 aliphatic rings. The van der Waals surface area contributed by atoms with Gasteiger partial charge in [-0.1, -0.05) is 6.07 Å². The van der Waals surface area contributed by atoms with Crippen LogP contribution in [0.4, 0.5) is 10.2 Å². The fourth-order valence-corrected chi connectivity index (χ4v) is 4.11. The van der Waals surface area contributed by atoms with E-state index in [-0.39, 0.29) is 11.1 Å². The van der Waals surface area contributed by atoms with Crippen molar-refractivity contribution in [2.24, 2.45) is 0 Å². The summed E-state index contributed by atoms with van der Waals surface area (Å²) in [7, 11) is 2.03. The van der Waals surface area contributed by atoms with Crippen LogP contribution in [0.15, 0.2) is 30.3 Å². The minimum Gasteiger partial charge on any atom is -0.504 e. The lowest BCUT2D eigenvalue weighted by Gasteiger charge is -2.49. The predicted molar refractivity (Wildman–Crippen MR) is 102 cm³/mol. The number of hydrogen-bond donors (Lipinski definition) is 2. The van der Waals surface area contributed by atoms with Gasteiger partial charge in [-0.3, -0.25) is 0 Å². The minimum absolute atomic E-state index is 0.0431. The zero-order valence-electron chi connectivity index (χ0n) is 16.0. The largest absolute Gasteiger partial charge is 0.504 e. The highest BCUT2D eigenvalue weighted by atomic mass is 19.1. The number of aromatic nitrogens is 2. The van der Waals surface area contributed by atoms with Gasteiger partial charge in [0, 0.05) is 29.7 Å². The van der Waals surface area contributed by atoms with Crippen LogP contribution in [-0.4, -0.2) is 39.5 Å². The van der Waals surface area contributed by atoms with Crippen LogP contribution in [-0.2, 0) is 0 Å². The maximum Gasteiger partial charge on any atom is 0.165 e. The average molecular weight is 358 g/mol. The standard InChI is InChI=1S/C20H27FN4O/c1-19(2)11-13(12-20(3,4)24-19)25(5)17-10-9-16(22-23-17)14-7-6-8-15(21)18(14)26/h6-10,13,24,26H,11-12H2,1-5H3. The van der Waals surface area contributed by atoms with E-state index in [4.69, 9.17) is 0 Å². The van der Waals surface area contributed by atoms with Gasteiger partial charge >= 0.3 is 0 Å². The summed E-state index contributed by atoms with van der Waals surface area (Å²) in [6.07, 6.45) is 2.00. The van der Waals surface area contributed by atoms with Crippen molar-refractivity contribution in [3.8, 4) is 17.0 Å². The maximum atomic E-state index is 13.5. The molecule has 1 aliphatic heterocycles. The molecule has 6 heteroatoms. The molecule has 0 aliphatic carbocycles. The number of benzene rings is 1. The summed E-state index contributed by atoms with van der Waals surface area (Å²) < 4.78 is 13.5. The maximum absolute atomic E-state index is 13.5. The van der Waals surface area contributed by atoms with Gasteiger partial charge in [0.05, 0.1) is 5.69 Å². The van der Waals surface area contributed by atoms with Crippen LogP contribution in [0.1, 0.15) is 40.5 Å². The van der Waals surface area contributed by atoms with E-state index in [1.165, 1.54) is 6.07 Å². The highest BCUT2D eigenvalue weighted by molar-refractivity contribution is 5.67. The van der Waals surface area contributed by atoms with E-state index in [0.29, 0.717) is 17.3 Å². The van der Waals surface area contributed by atoms with Gasteiger partial charge in [0.1, 0.15) is 0 Å². The first-order valence-corrected chi connectivity index (χ1v) is 8.92. The fourth-order valence-electron chi connectivity index (χ4n) is 4.11. The van der Waals surface area contributed by atoms with Crippen molar-refractivity contribution in [2.45, 2.75) is 57.7 Å². The van der Waals surface area contributed by atoms with Gasteiger partial charge in [-0.25, -0.2) is 4.39 Å². The molecule has 2 N–H and O–H groups in total. The predicted octanol–water partition coefficient (Wildman–Crippen LogP) is 3.73. The van der Waals surface area contributed by atoms with Crippen LogP contribution < -0.4 is 10.2 Å². The number of phenols is 1. The number of aromatic hydroxyl groups is 1. The van der Waals surface area contributed by atoms with Gasteiger partial charge in [0.2, 0.25) is 0 Å². The SMILES string of the molecule is CN(c1ccc(-c2cccc(F)c2O)nn1)C1CC(C)(C)NC(C)(C)C1. The Morgan fingerprint density at radius 1 is 1.08 bits per heavy atom. The third-order valence-electron chi connectivity index (χ3n) is 4.99. The number of rotatable bonds is 3. The van der Waals surface area contributed by atoms with Gasteiger partial charge in [0.15, 0.2) is 17.4 Å². The first kappa shape index (κ1) is 18.6. The van der Waals surface area contributed by atoms with Crippen LogP contribution in [0.25, 0.3) is 11.3 Å². The number of nitrogens with one attached hydrogen (secondary N) is 1. The number of phenolic OH excluding ortho intramolecular Hbond substituents is 1. The Morgan fingerprint density at radius 2 is 1.73 bits per heavy atom. The molecule has 1 fully saturated rings. The van der Waals surface area contributed by atoms with Crippen molar-refractivity contribution < 1.29 is 9.50 Å². The summed E-state index contributed by atoms with van der Waals surface area (Å²) in [5.41, 5.74) is 0.879. The molecule has 26 heavy (non-hydrogen) atoms. The molecule has 1 aromatic heterocycles. The average Bonchev–Trinajstić information content (AvgIpc) is 2.54. The van der Waals surface area contributed by atoms with E-state index in [9.17, 15) is 9.50 Å². The Bertz CT molecular complexity index is 773. The normalized spacial score (nSPS) is 19.3. The number of halogens is 1. The van der Waals surface area contributed by atoms with Crippen LogP contribution in [0.3, 0.4) is 0 Å². The lowest BCUT2D eigenvalue weighted by Crippen LogP contribution is -2.62. The number of hydrogen-bond acceptors (Lipinski definition) is 5. The highest BCUT2D eigenvalue weighted by Gasteiger charge is 2.39. The first-order valence-electron chi connectivity index (χ1n) is 8.92. The molecule has 2 aromatic rings. The number of para-hydroxylation sites is 1. The van der Waals surface area contributed by atoms with Gasteiger partial charge < -0.3 is 15.3 Å². The number of nitrogens with zero attached hydrogens (tertiary/aromatic N) is 3.